The Bertz CT molecular complexity index is 870. The van der Waals surface area contributed by atoms with Gasteiger partial charge in [-0.1, -0.05) is 30.3 Å². The lowest BCUT2D eigenvalue weighted by Gasteiger charge is -2.35. The van der Waals surface area contributed by atoms with Crippen molar-refractivity contribution in [2.45, 2.75) is 26.4 Å². The first-order chi connectivity index (χ1) is 14.3. The second kappa shape index (κ2) is 9.80. The summed E-state index contributed by atoms with van der Waals surface area (Å²) in [6.45, 7) is 9.68. The molecule has 2 amide bonds. The molecule has 0 saturated carbocycles. The van der Waals surface area contributed by atoms with Crippen LogP contribution in [0.25, 0.3) is 10.8 Å². The minimum atomic E-state index is -0.479. The van der Waals surface area contributed by atoms with E-state index in [0.29, 0.717) is 25.4 Å². The number of amides is 2. The molecule has 1 N–H and O–H groups in total. The van der Waals surface area contributed by atoms with E-state index in [1.165, 1.54) is 0 Å². The summed E-state index contributed by atoms with van der Waals surface area (Å²) in [6.07, 6.45) is -0.263. The third-order valence-electron chi connectivity index (χ3n) is 4.87. The lowest BCUT2D eigenvalue weighted by molar-refractivity contribution is -0.123. The zero-order valence-electron chi connectivity index (χ0n) is 18.0. The van der Waals surface area contributed by atoms with Crippen molar-refractivity contribution >= 4 is 22.8 Å². The van der Waals surface area contributed by atoms with Crippen LogP contribution in [0, 0.1) is 0 Å². The summed E-state index contributed by atoms with van der Waals surface area (Å²) in [4.78, 5) is 28.1. The highest BCUT2D eigenvalue weighted by atomic mass is 16.6. The molecular weight excluding hydrogens is 382 g/mol. The van der Waals surface area contributed by atoms with Crippen LogP contribution in [0.3, 0.4) is 0 Å². The number of nitrogens with zero attached hydrogens (tertiary/aromatic N) is 2. The second-order valence-electron chi connectivity index (χ2n) is 8.46. The summed E-state index contributed by atoms with van der Waals surface area (Å²) in [7, 11) is 0. The maximum atomic E-state index is 12.1. The number of ether oxygens (including phenoxy) is 2. The maximum absolute atomic E-state index is 12.1. The Labute approximate surface area is 177 Å². The molecule has 7 heteroatoms. The van der Waals surface area contributed by atoms with Crippen LogP contribution >= 0.6 is 0 Å². The van der Waals surface area contributed by atoms with E-state index in [1.807, 2.05) is 63.2 Å². The molecule has 0 unspecified atom stereocenters. The Morgan fingerprint density at radius 2 is 1.70 bits per heavy atom. The zero-order chi connectivity index (χ0) is 21.6. The second-order valence-corrected chi connectivity index (χ2v) is 8.46. The van der Waals surface area contributed by atoms with Crippen LogP contribution in [0.5, 0.6) is 5.75 Å². The van der Waals surface area contributed by atoms with Gasteiger partial charge >= 0.3 is 6.09 Å². The molecule has 0 bridgehead atoms. The fourth-order valence-corrected chi connectivity index (χ4v) is 3.29. The normalized spacial score (nSPS) is 15.1. The Morgan fingerprint density at radius 1 is 1.00 bits per heavy atom. The lowest BCUT2D eigenvalue weighted by Crippen LogP contribution is -2.51. The van der Waals surface area contributed by atoms with Crippen molar-refractivity contribution in [3.63, 3.8) is 0 Å². The van der Waals surface area contributed by atoms with Gasteiger partial charge < -0.3 is 19.7 Å². The first kappa shape index (κ1) is 21.9. The van der Waals surface area contributed by atoms with Crippen molar-refractivity contribution < 1.29 is 19.1 Å². The van der Waals surface area contributed by atoms with E-state index in [-0.39, 0.29) is 18.6 Å². The van der Waals surface area contributed by atoms with Crippen LogP contribution < -0.4 is 10.1 Å². The predicted octanol–water partition coefficient (Wildman–Crippen LogP) is 2.89. The van der Waals surface area contributed by atoms with Gasteiger partial charge in [0.1, 0.15) is 11.4 Å². The fourth-order valence-electron chi connectivity index (χ4n) is 3.29. The van der Waals surface area contributed by atoms with Gasteiger partial charge in [0, 0.05) is 39.3 Å². The molecule has 7 nitrogen and oxygen atoms in total. The van der Waals surface area contributed by atoms with Crippen LogP contribution in [-0.2, 0) is 9.53 Å². The molecule has 30 heavy (non-hydrogen) atoms. The Hall–Kier alpha value is -2.80. The van der Waals surface area contributed by atoms with Crippen molar-refractivity contribution in [2.75, 3.05) is 45.9 Å². The fraction of sp³-hybridized carbons (Fsp3) is 0.478. The quantitative estimate of drug-likeness (QED) is 0.789. The van der Waals surface area contributed by atoms with E-state index in [4.69, 9.17) is 9.47 Å². The van der Waals surface area contributed by atoms with Crippen molar-refractivity contribution in [1.82, 2.24) is 15.1 Å². The molecule has 0 aliphatic carbocycles. The molecule has 2 aromatic carbocycles. The minimum Gasteiger partial charge on any atom is -0.484 e. The van der Waals surface area contributed by atoms with Crippen molar-refractivity contribution in [2.24, 2.45) is 0 Å². The Kier molecular flexibility index (Phi) is 7.15. The molecule has 1 aliphatic rings. The monoisotopic (exact) mass is 413 g/mol. The van der Waals surface area contributed by atoms with E-state index in [1.54, 1.807) is 4.90 Å². The number of hydrogen-bond acceptors (Lipinski definition) is 5. The molecule has 1 aliphatic heterocycles. The molecule has 0 radical (unpaired) electrons. The highest BCUT2D eigenvalue weighted by Crippen LogP contribution is 2.20. The van der Waals surface area contributed by atoms with Crippen LogP contribution in [0.4, 0.5) is 4.79 Å². The van der Waals surface area contributed by atoms with Crippen molar-refractivity contribution in [3.05, 3.63) is 42.5 Å². The summed E-state index contributed by atoms with van der Waals surface area (Å²) in [5.41, 5.74) is -0.479. The molecule has 1 heterocycles. The van der Waals surface area contributed by atoms with E-state index < -0.39 is 5.60 Å². The standard InChI is InChI=1S/C23H31N3O4/c1-23(2,3)30-22(28)26-14-12-25(13-15-26)11-10-24-21(27)17-29-20-9-8-18-6-4-5-7-19(18)16-20/h4-9,16H,10-15,17H2,1-3H3,(H,24,27). The van der Waals surface area contributed by atoms with E-state index in [2.05, 4.69) is 10.2 Å². The molecule has 0 spiro atoms. The predicted molar refractivity (Wildman–Crippen MR) is 117 cm³/mol. The summed E-state index contributed by atoms with van der Waals surface area (Å²) in [5.74, 6) is 0.540. The number of fused-ring (bicyclic) bond motifs is 1. The number of carbonyl (C=O) groups is 2. The smallest absolute Gasteiger partial charge is 0.410 e. The van der Waals surface area contributed by atoms with Gasteiger partial charge in [-0.2, -0.15) is 0 Å². The molecule has 3 rings (SSSR count). The number of nitrogens with one attached hydrogen (secondary N) is 1. The highest BCUT2D eigenvalue weighted by molar-refractivity contribution is 5.84. The first-order valence-electron chi connectivity index (χ1n) is 10.4. The highest BCUT2D eigenvalue weighted by Gasteiger charge is 2.25. The van der Waals surface area contributed by atoms with Crippen LogP contribution in [0.15, 0.2) is 42.5 Å². The number of rotatable bonds is 6. The number of benzene rings is 2. The third-order valence-corrected chi connectivity index (χ3v) is 4.87. The topological polar surface area (TPSA) is 71.1 Å². The van der Waals surface area contributed by atoms with Crippen LogP contribution in [-0.4, -0.2) is 73.3 Å². The number of hydrogen-bond donors (Lipinski definition) is 1. The molecule has 1 saturated heterocycles. The molecule has 0 aromatic heterocycles. The van der Waals surface area contributed by atoms with Crippen molar-refractivity contribution in [3.8, 4) is 5.75 Å². The van der Waals surface area contributed by atoms with Gasteiger partial charge in [0.2, 0.25) is 0 Å². The molecule has 2 aromatic rings. The summed E-state index contributed by atoms with van der Waals surface area (Å²) in [5, 5.41) is 5.12. The zero-order valence-corrected chi connectivity index (χ0v) is 18.0. The van der Waals surface area contributed by atoms with Gasteiger partial charge in [0.15, 0.2) is 6.61 Å². The SMILES string of the molecule is CC(C)(C)OC(=O)N1CCN(CCNC(=O)COc2ccc3ccccc3c2)CC1. The average Bonchev–Trinajstić information content (AvgIpc) is 2.71. The number of carbonyl (C=O) groups excluding carboxylic acids is 2. The van der Waals surface area contributed by atoms with E-state index in [0.717, 1.165) is 30.4 Å². The molecular formula is C23H31N3O4. The van der Waals surface area contributed by atoms with E-state index >= 15 is 0 Å². The summed E-state index contributed by atoms with van der Waals surface area (Å²) < 4.78 is 11.0. The van der Waals surface area contributed by atoms with Crippen LogP contribution in [0.2, 0.25) is 0 Å². The van der Waals surface area contributed by atoms with Gasteiger partial charge in [-0.05, 0) is 43.7 Å². The van der Waals surface area contributed by atoms with Gasteiger partial charge in [-0.15, -0.1) is 0 Å². The van der Waals surface area contributed by atoms with Crippen molar-refractivity contribution in [1.29, 1.82) is 0 Å². The third kappa shape index (κ3) is 6.62. The molecule has 0 atom stereocenters. The Balaban J connectivity index is 1.32. The molecule has 162 valence electrons. The largest absolute Gasteiger partial charge is 0.484 e. The van der Waals surface area contributed by atoms with Gasteiger partial charge in [-0.25, -0.2) is 4.79 Å². The van der Waals surface area contributed by atoms with Gasteiger partial charge in [0.25, 0.3) is 5.91 Å². The summed E-state index contributed by atoms with van der Waals surface area (Å²) in [6, 6.07) is 13.8. The number of piperazine rings is 1. The minimum absolute atomic E-state index is 0.00916. The first-order valence-corrected chi connectivity index (χ1v) is 10.4. The Morgan fingerprint density at radius 3 is 2.40 bits per heavy atom. The average molecular weight is 414 g/mol. The molecule has 1 fully saturated rings. The lowest BCUT2D eigenvalue weighted by atomic mass is 10.1. The maximum Gasteiger partial charge on any atom is 0.410 e. The summed E-state index contributed by atoms with van der Waals surface area (Å²) >= 11 is 0. The van der Waals surface area contributed by atoms with Crippen LogP contribution in [0.1, 0.15) is 20.8 Å². The van der Waals surface area contributed by atoms with Gasteiger partial charge in [-0.3, -0.25) is 9.69 Å². The van der Waals surface area contributed by atoms with Gasteiger partial charge in [0.05, 0.1) is 0 Å². The van der Waals surface area contributed by atoms with E-state index in [9.17, 15) is 9.59 Å².